The van der Waals surface area contributed by atoms with Crippen LogP contribution < -0.4 is 46.0 Å². The molecule has 0 unspecified atom stereocenters. The van der Waals surface area contributed by atoms with Gasteiger partial charge in [-0.3, -0.25) is 0 Å². The Balaban J connectivity index is 0.965. The molecular weight excluding hydrogens is 1580 g/mol. The van der Waals surface area contributed by atoms with Gasteiger partial charge < -0.3 is 34.1 Å². The van der Waals surface area contributed by atoms with Gasteiger partial charge in [0.1, 0.15) is 46.0 Å². The fourth-order valence-electron chi connectivity index (χ4n) is 18.7. The summed E-state index contributed by atoms with van der Waals surface area (Å²) in [5.74, 6) is 5.58. The molecule has 3 heterocycles. The first kappa shape index (κ1) is 78.9. The summed E-state index contributed by atoms with van der Waals surface area (Å²) in [6.07, 6.45) is 0. The molecule has 0 aliphatic carbocycles. The molecule has 638 valence electrons. The van der Waals surface area contributed by atoms with Crippen LogP contribution in [-0.2, 0) is 27.1 Å². The number of aromatic nitrogens is 1. The monoisotopic (exact) mass is 1690 g/mol. The first-order valence-corrected chi connectivity index (χ1v) is 45.3. The fourth-order valence-corrected chi connectivity index (χ4v) is 18.7. The molecule has 17 aromatic carbocycles. The van der Waals surface area contributed by atoms with Crippen molar-refractivity contribution in [2.45, 2.75) is 131 Å². The van der Waals surface area contributed by atoms with Gasteiger partial charge in [-0.25, -0.2) is 0 Å². The maximum absolute atomic E-state index is 10.2. The maximum Gasteiger partial charge on any atom is 0.252 e. The number of para-hydroxylation sites is 5. The zero-order chi connectivity index (χ0) is 93.2. The molecule has 8 heteroatoms. The molecule has 130 heavy (non-hydrogen) atoms. The van der Waals surface area contributed by atoms with Crippen molar-refractivity contribution in [2.75, 3.05) is 10.6 Å². The molecule has 0 saturated carbocycles. The van der Waals surface area contributed by atoms with Gasteiger partial charge in [-0.15, -0.1) is 0 Å². The number of hydrogen-bond acceptors (Lipinski definition) is 6. The van der Waals surface area contributed by atoms with E-state index in [1.807, 2.05) is 146 Å². The number of rotatable bonds is 17. The normalized spacial score (nSPS) is 13.0. The van der Waals surface area contributed by atoms with Crippen LogP contribution in [0.4, 0.5) is 22.7 Å². The average Bonchev–Trinajstić information content (AvgIpc) is 1.13. The Morgan fingerprint density at radius 2 is 0.569 bits per heavy atom. The highest BCUT2D eigenvalue weighted by Gasteiger charge is 2.43. The highest BCUT2D eigenvalue weighted by Crippen LogP contribution is 2.53. The average molecular weight is 1700 g/mol. The predicted molar refractivity (Wildman–Crippen MR) is 548 cm³/mol. The van der Waals surface area contributed by atoms with E-state index in [9.17, 15) is 5.48 Å². The lowest BCUT2D eigenvalue weighted by Crippen LogP contribution is -2.59. The standard InChI is InChI=1S/C122H108BN3O4/c1-118(2,3)85-58-59-112-104(74-85)103-52-28-29-57-111(103)126(112)90-75-109-115-110(76-90)125-117-106(114-101(79-38-32-50-97(66-79)129-93-44-24-18-25-45-93)55-35-56-102(114)80-39-33-51-98(67-80)130-94-46-26-19-27-47-94)69-84(82-62-88(121(10,11)12)73-89(63-82)122(13,14)15)71-108(117)123(115)107-70-83(81-60-86(119(4,5)6)72-87(61-81)120(7,8)9)68-105(116(107)124-109)113-99(77-36-30-48-95(64-77)127-91-40-20-16-21-41-91)53-34-54-100(113)78-37-31-49-96(65-78)128-92-42-22-17-23-43-92/h16-76,124-125H,1-15H3/i28D,29D,52D,57D. The second-order valence-corrected chi connectivity index (χ2v) is 40.0. The molecule has 0 saturated heterocycles. The third-order valence-electron chi connectivity index (χ3n) is 25.6. The summed E-state index contributed by atoms with van der Waals surface area (Å²) in [5, 5.41) is 10.0. The fraction of sp³-hybridized carbons (Fsp3) is 0.164. The van der Waals surface area contributed by atoms with Crippen molar-refractivity contribution < 1.29 is 24.4 Å². The maximum atomic E-state index is 10.2. The Labute approximate surface area is 771 Å². The van der Waals surface area contributed by atoms with Gasteiger partial charge in [0, 0.05) is 44.6 Å². The molecular formula is C122H108BN3O4. The van der Waals surface area contributed by atoms with E-state index in [2.05, 4.69) is 319 Å². The number of benzene rings is 17. The number of hydrogen-bond donors (Lipinski definition) is 2. The molecule has 0 bridgehead atoms. The molecule has 0 spiro atoms. The van der Waals surface area contributed by atoms with Crippen molar-refractivity contribution >= 4 is 67.7 Å². The molecule has 18 aromatic rings. The van der Waals surface area contributed by atoms with Crippen LogP contribution in [0.1, 0.15) is 137 Å². The van der Waals surface area contributed by atoms with E-state index in [4.69, 9.17) is 18.9 Å². The molecule has 2 aliphatic heterocycles. The van der Waals surface area contributed by atoms with Gasteiger partial charge in [-0.05, 0) is 289 Å². The summed E-state index contributed by atoms with van der Waals surface area (Å²) in [7, 11) is 0. The van der Waals surface area contributed by atoms with E-state index in [1.165, 1.54) is 22.3 Å². The van der Waals surface area contributed by atoms with Crippen molar-refractivity contribution in [3.8, 4) is 141 Å². The Kier molecular flexibility index (Phi) is 20.0. The minimum Gasteiger partial charge on any atom is -0.457 e. The predicted octanol–water partition coefficient (Wildman–Crippen LogP) is 32.4. The van der Waals surface area contributed by atoms with Gasteiger partial charge in [-0.1, -0.05) is 334 Å². The second kappa shape index (κ2) is 32.9. The van der Waals surface area contributed by atoms with Crippen LogP contribution >= 0.6 is 0 Å². The summed E-state index contributed by atoms with van der Waals surface area (Å²) in [4.78, 5) is 0. The zero-order valence-electron chi connectivity index (χ0n) is 80.6. The summed E-state index contributed by atoms with van der Waals surface area (Å²) in [5.41, 5.74) is 28.1. The highest BCUT2D eigenvalue weighted by molar-refractivity contribution is 7.00. The molecule has 7 nitrogen and oxygen atoms in total. The quantitative estimate of drug-likeness (QED) is 0.0886. The first-order valence-electron chi connectivity index (χ1n) is 47.3. The number of ether oxygens (including phenoxy) is 4. The summed E-state index contributed by atoms with van der Waals surface area (Å²) in [6, 6.07) is 121. The van der Waals surface area contributed by atoms with E-state index in [1.54, 1.807) is 0 Å². The molecule has 0 atom stereocenters. The minimum absolute atomic E-state index is 0.104. The molecule has 2 aliphatic rings. The van der Waals surface area contributed by atoms with Crippen molar-refractivity contribution in [3.05, 3.63) is 398 Å². The summed E-state index contributed by atoms with van der Waals surface area (Å²) in [6.45, 7) is 33.7. The van der Waals surface area contributed by atoms with Crippen molar-refractivity contribution in [2.24, 2.45) is 0 Å². The second-order valence-electron chi connectivity index (χ2n) is 40.0. The van der Waals surface area contributed by atoms with Gasteiger partial charge in [0.15, 0.2) is 0 Å². The van der Waals surface area contributed by atoms with E-state index in [-0.39, 0.29) is 51.2 Å². The van der Waals surface area contributed by atoms with E-state index in [0.717, 1.165) is 168 Å². The Morgan fingerprint density at radius 3 is 0.908 bits per heavy atom. The van der Waals surface area contributed by atoms with Gasteiger partial charge in [0.2, 0.25) is 0 Å². The lowest BCUT2D eigenvalue weighted by molar-refractivity contribution is 0.482. The number of fused-ring (bicyclic) bond motifs is 7. The summed E-state index contributed by atoms with van der Waals surface area (Å²) < 4.78 is 68.7. The smallest absolute Gasteiger partial charge is 0.252 e. The molecule has 1 aromatic heterocycles. The van der Waals surface area contributed by atoms with Gasteiger partial charge in [-0.2, -0.15) is 0 Å². The first-order chi connectivity index (χ1) is 64.2. The van der Waals surface area contributed by atoms with E-state index in [0.29, 0.717) is 39.6 Å². The molecule has 0 amide bonds. The third-order valence-corrected chi connectivity index (χ3v) is 25.6. The SMILES string of the molecule is [2H]c1c([2H])c([2H])c2c(c1[2H])c1cc(C(C)(C)C)ccc1n2-c1cc2c3c(c1)Nc1c(cc(-c4cc(C(C)(C)C)cc(C(C)(C)C)c4)cc1-c1c(-c4cccc(Oc5ccccc5)c4)cccc1-c1cccc(Oc4ccccc4)c1)B3c1cc(-c3cc(C(C)(C)C)cc(C(C)(C)C)c3)cc(-c3c(-c4cccc(Oc5ccccc5)c4)cccc3-c3cccc(Oc4ccccc4)c3)c1N2. The molecule has 0 radical (unpaired) electrons. The topological polar surface area (TPSA) is 65.9 Å². The third kappa shape index (κ3) is 16.4. The Hall–Kier alpha value is -14.6. The largest absolute Gasteiger partial charge is 0.457 e. The Morgan fingerprint density at radius 1 is 0.254 bits per heavy atom. The van der Waals surface area contributed by atoms with Crippen molar-refractivity contribution in [3.63, 3.8) is 0 Å². The van der Waals surface area contributed by atoms with E-state index < -0.39 is 6.71 Å². The van der Waals surface area contributed by atoms with Gasteiger partial charge >= 0.3 is 0 Å². The molecule has 0 fully saturated rings. The number of nitrogens with one attached hydrogen (secondary N) is 2. The molecule has 2 N–H and O–H groups in total. The van der Waals surface area contributed by atoms with Crippen LogP contribution in [0.25, 0.3) is 117 Å². The van der Waals surface area contributed by atoms with Crippen LogP contribution in [0.2, 0.25) is 0 Å². The summed E-state index contributed by atoms with van der Waals surface area (Å²) >= 11 is 0. The number of nitrogens with zero attached hydrogens (tertiary/aromatic N) is 1. The zero-order valence-corrected chi connectivity index (χ0v) is 76.6. The van der Waals surface area contributed by atoms with Crippen LogP contribution in [0, 0.1) is 0 Å². The molecule has 20 rings (SSSR count). The van der Waals surface area contributed by atoms with E-state index >= 15 is 0 Å². The van der Waals surface area contributed by atoms with Crippen LogP contribution in [-0.4, -0.2) is 11.3 Å². The minimum atomic E-state index is -0.592. The van der Waals surface area contributed by atoms with Crippen molar-refractivity contribution in [1.29, 1.82) is 0 Å². The number of anilines is 4. The van der Waals surface area contributed by atoms with Crippen LogP contribution in [0.3, 0.4) is 0 Å². The lowest BCUT2D eigenvalue weighted by atomic mass is 9.33. The lowest BCUT2D eigenvalue weighted by Gasteiger charge is -2.38. The van der Waals surface area contributed by atoms with Gasteiger partial charge in [0.05, 0.1) is 22.2 Å². The highest BCUT2D eigenvalue weighted by atomic mass is 16.5. The van der Waals surface area contributed by atoms with Crippen LogP contribution in [0.15, 0.2) is 370 Å². The van der Waals surface area contributed by atoms with Crippen molar-refractivity contribution in [1.82, 2.24) is 4.57 Å². The Bertz CT molecular complexity index is 7040. The van der Waals surface area contributed by atoms with Gasteiger partial charge in [0.25, 0.3) is 6.71 Å². The van der Waals surface area contributed by atoms with Crippen LogP contribution in [0.5, 0.6) is 46.0 Å².